The highest BCUT2D eigenvalue weighted by Gasteiger charge is 2.42. The Hall–Kier alpha value is -2.99. The Kier molecular flexibility index (Phi) is 5.57. The Morgan fingerprint density at radius 3 is 2.54 bits per heavy atom. The van der Waals surface area contributed by atoms with E-state index in [0.29, 0.717) is 0 Å². The van der Waals surface area contributed by atoms with Crippen molar-refractivity contribution >= 4 is 5.97 Å². The van der Waals surface area contributed by atoms with Crippen LogP contribution in [0.1, 0.15) is 17.0 Å². The first-order chi connectivity index (χ1) is 12.3. The Bertz CT molecular complexity index is 822. The number of nitrogens with two attached hydrogens (primary N) is 1. The summed E-state index contributed by atoms with van der Waals surface area (Å²) >= 11 is 0. The molecule has 0 amide bonds. The van der Waals surface area contributed by atoms with Crippen molar-refractivity contribution in [3.8, 4) is 6.07 Å². The van der Waals surface area contributed by atoms with Crippen molar-refractivity contribution in [3.05, 3.63) is 58.2 Å². The van der Waals surface area contributed by atoms with Crippen LogP contribution in [0.2, 0.25) is 0 Å². The maximum atomic E-state index is 13.5. The van der Waals surface area contributed by atoms with Gasteiger partial charge < -0.3 is 19.9 Å². The van der Waals surface area contributed by atoms with Crippen LogP contribution in [0.3, 0.4) is 0 Å². The summed E-state index contributed by atoms with van der Waals surface area (Å²) in [6.45, 7) is -0.242. The minimum atomic E-state index is -4.70. The van der Waals surface area contributed by atoms with Gasteiger partial charge in [0.2, 0.25) is 5.88 Å². The van der Waals surface area contributed by atoms with Crippen molar-refractivity contribution in [2.24, 2.45) is 5.73 Å². The standard InChI is InChI=1S/C17H15F3N2O4/c1-24-8-12-14(16(23)25-2)13(10(7-21)15(22)26-12)9-5-3-4-6-11(9)17(18,19)20/h3-6,13H,8,22H2,1-2H3/t13-/m1/s1. The van der Waals surface area contributed by atoms with Crippen molar-refractivity contribution in [1.82, 2.24) is 0 Å². The minimum absolute atomic E-state index is 0.113. The summed E-state index contributed by atoms with van der Waals surface area (Å²) in [6.07, 6.45) is -4.70. The predicted molar refractivity (Wildman–Crippen MR) is 83.0 cm³/mol. The number of alkyl halides is 3. The van der Waals surface area contributed by atoms with Gasteiger partial charge in [-0.25, -0.2) is 4.79 Å². The molecule has 0 bridgehead atoms. The van der Waals surface area contributed by atoms with E-state index in [1.807, 2.05) is 0 Å². The summed E-state index contributed by atoms with van der Waals surface area (Å²) in [4.78, 5) is 12.3. The summed E-state index contributed by atoms with van der Waals surface area (Å²) in [5, 5.41) is 9.42. The van der Waals surface area contributed by atoms with E-state index in [1.54, 1.807) is 6.07 Å². The summed E-state index contributed by atoms with van der Waals surface area (Å²) in [5.41, 5.74) is 3.82. The number of methoxy groups -OCH3 is 2. The van der Waals surface area contributed by atoms with E-state index in [0.717, 1.165) is 13.2 Å². The van der Waals surface area contributed by atoms with Crippen molar-refractivity contribution < 1.29 is 32.2 Å². The monoisotopic (exact) mass is 368 g/mol. The normalized spacial score (nSPS) is 17.6. The van der Waals surface area contributed by atoms with Crippen LogP contribution in [0.4, 0.5) is 13.2 Å². The Balaban J connectivity index is 2.81. The first-order valence-electron chi connectivity index (χ1n) is 7.30. The first-order valence-corrected chi connectivity index (χ1v) is 7.30. The molecule has 1 aliphatic heterocycles. The molecule has 2 rings (SSSR count). The van der Waals surface area contributed by atoms with E-state index in [-0.39, 0.29) is 29.1 Å². The maximum Gasteiger partial charge on any atom is 0.416 e. The number of allylic oxidation sites excluding steroid dienone is 1. The lowest BCUT2D eigenvalue weighted by Gasteiger charge is -2.29. The zero-order valence-electron chi connectivity index (χ0n) is 13.9. The third-order valence-corrected chi connectivity index (χ3v) is 3.75. The SMILES string of the molecule is COCC1=C(C(=O)OC)[C@H](c2ccccc2C(F)(F)F)C(C#N)=C(N)O1. The molecule has 2 N–H and O–H groups in total. The molecule has 9 heteroatoms. The van der Waals surface area contributed by atoms with Crippen LogP contribution in [-0.2, 0) is 25.2 Å². The van der Waals surface area contributed by atoms with Crippen LogP contribution in [0, 0.1) is 11.3 Å². The molecule has 1 aliphatic rings. The van der Waals surface area contributed by atoms with E-state index in [9.17, 15) is 23.2 Å². The molecule has 0 radical (unpaired) electrons. The molecular weight excluding hydrogens is 353 g/mol. The summed E-state index contributed by atoms with van der Waals surface area (Å²) in [7, 11) is 2.38. The number of rotatable bonds is 4. The third kappa shape index (κ3) is 3.50. The van der Waals surface area contributed by atoms with Crippen LogP contribution in [0.15, 0.2) is 47.1 Å². The lowest BCUT2D eigenvalue weighted by molar-refractivity contribution is -0.139. The van der Waals surface area contributed by atoms with Crippen molar-refractivity contribution in [2.45, 2.75) is 12.1 Å². The molecule has 0 saturated carbocycles. The molecule has 26 heavy (non-hydrogen) atoms. The van der Waals surface area contributed by atoms with E-state index in [1.165, 1.54) is 25.3 Å². The number of halogens is 3. The number of hydrogen-bond donors (Lipinski definition) is 1. The van der Waals surface area contributed by atoms with Crippen LogP contribution in [-0.4, -0.2) is 26.8 Å². The van der Waals surface area contributed by atoms with Crippen molar-refractivity contribution in [2.75, 3.05) is 20.8 Å². The van der Waals surface area contributed by atoms with Crippen LogP contribution >= 0.6 is 0 Å². The molecule has 0 aromatic heterocycles. The van der Waals surface area contributed by atoms with E-state index < -0.39 is 29.5 Å². The molecule has 0 spiro atoms. The third-order valence-electron chi connectivity index (χ3n) is 3.75. The second-order valence-corrected chi connectivity index (χ2v) is 5.27. The number of ether oxygens (including phenoxy) is 3. The highest BCUT2D eigenvalue weighted by molar-refractivity contribution is 5.92. The summed E-state index contributed by atoms with van der Waals surface area (Å²) in [5.74, 6) is -2.85. The number of esters is 1. The quantitative estimate of drug-likeness (QED) is 0.821. The lowest BCUT2D eigenvalue weighted by Crippen LogP contribution is -2.28. The topological polar surface area (TPSA) is 94.6 Å². The lowest BCUT2D eigenvalue weighted by atomic mass is 9.80. The molecule has 0 saturated heterocycles. The molecule has 1 atom stereocenters. The highest BCUT2D eigenvalue weighted by atomic mass is 19.4. The van der Waals surface area contributed by atoms with Gasteiger partial charge in [0.05, 0.1) is 24.2 Å². The Morgan fingerprint density at radius 1 is 1.35 bits per heavy atom. The predicted octanol–water partition coefficient (Wildman–Crippen LogP) is 2.59. The summed E-state index contributed by atoms with van der Waals surface area (Å²) in [6, 6.07) is 6.35. The fourth-order valence-corrected chi connectivity index (χ4v) is 2.71. The number of carbonyl (C=O) groups excluding carboxylic acids is 1. The minimum Gasteiger partial charge on any atom is -0.466 e. The maximum absolute atomic E-state index is 13.5. The number of carbonyl (C=O) groups is 1. The molecule has 138 valence electrons. The van der Waals surface area contributed by atoms with Gasteiger partial charge in [0.15, 0.2) is 0 Å². The molecule has 6 nitrogen and oxygen atoms in total. The molecule has 1 aromatic rings. The molecule has 1 heterocycles. The van der Waals surface area contributed by atoms with Gasteiger partial charge >= 0.3 is 12.1 Å². The molecule has 0 fully saturated rings. The molecule has 1 aromatic carbocycles. The fraction of sp³-hybridized carbons (Fsp3) is 0.294. The van der Waals surface area contributed by atoms with E-state index in [2.05, 4.69) is 4.74 Å². The van der Waals surface area contributed by atoms with Crippen molar-refractivity contribution in [1.29, 1.82) is 5.26 Å². The van der Waals surface area contributed by atoms with Crippen LogP contribution in [0.25, 0.3) is 0 Å². The van der Waals surface area contributed by atoms with Gasteiger partial charge in [-0.3, -0.25) is 0 Å². The number of nitrogens with zero attached hydrogens (tertiary/aromatic N) is 1. The Labute approximate surface area is 147 Å². The van der Waals surface area contributed by atoms with Gasteiger partial charge in [0, 0.05) is 7.11 Å². The number of hydrogen-bond acceptors (Lipinski definition) is 6. The largest absolute Gasteiger partial charge is 0.466 e. The molecular formula is C17H15F3N2O4. The second-order valence-electron chi connectivity index (χ2n) is 5.27. The van der Waals surface area contributed by atoms with Gasteiger partial charge in [-0.15, -0.1) is 0 Å². The average Bonchev–Trinajstić information content (AvgIpc) is 2.60. The van der Waals surface area contributed by atoms with Gasteiger partial charge in [-0.1, -0.05) is 18.2 Å². The second kappa shape index (κ2) is 7.49. The van der Waals surface area contributed by atoms with Gasteiger partial charge in [-0.05, 0) is 11.6 Å². The highest BCUT2D eigenvalue weighted by Crippen LogP contribution is 2.44. The van der Waals surface area contributed by atoms with Gasteiger partial charge in [0.25, 0.3) is 0 Å². The van der Waals surface area contributed by atoms with Crippen molar-refractivity contribution in [3.63, 3.8) is 0 Å². The first kappa shape index (κ1) is 19.3. The van der Waals surface area contributed by atoms with Gasteiger partial charge in [-0.2, -0.15) is 18.4 Å². The van der Waals surface area contributed by atoms with Crippen LogP contribution < -0.4 is 5.73 Å². The van der Waals surface area contributed by atoms with Gasteiger partial charge in [0.1, 0.15) is 24.0 Å². The zero-order chi connectivity index (χ0) is 19.5. The summed E-state index contributed by atoms with van der Waals surface area (Å²) < 4.78 is 55.3. The van der Waals surface area contributed by atoms with E-state index in [4.69, 9.17) is 15.2 Å². The zero-order valence-corrected chi connectivity index (χ0v) is 13.9. The molecule has 0 unspecified atom stereocenters. The van der Waals surface area contributed by atoms with E-state index >= 15 is 0 Å². The number of benzene rings is 1. The Morgan fingerprint density at radius 2 is 2.00 bits per heavy atom. The average molecular weight is 368 g/mol. The van der Waals surface area contributed by atoms with Crippen LogP contribution in [0.5, 0.6) is 0 Å². The smallest absolute Gasteiger partial charge is 0.416 e. The molecule has 0 aliphatic carbocycles. The fourth-order valence-electron chi connectivity index (χ4n) is 2.71. The number of nitriles is 1.